The molecule has 1 aromatic rings. The van der Waals surface area contributed by atoms with Gasteiger partial charge in [-0.2, -0.15) is 0 Å². The molecule has 2 rings (SSSR count). The van der Waals surface area contributed by atoms with E-state index in [1.807, 2.05) is 7.05 Å². The molecule has 0 amide bonds. The molecule has 1 heterocycles. The number of hydrogen-bond acceptors (Lipinski definition) is 3. The number of nitrogens with zero attached hydrogens (tertiary/aromatic N) is 2. The Morgan fingerprint density at radius 1 is 1.19 bits per heavy atom. The molecule has 1 aromatic carbocycles. The van der Waals surface area contributed by atoms with Crippen molar-refractivity contribution >= 4 is 0 Å². The van der Waals surface area contributed by atoms with E-state index < -0.39 is 11.6 Å². The van der Waals surface area contributed by atoms with E-state index in [4.69, 9.17) is 0 Å². The molecule has 118 valence electrons. The lowest BCUT2D eigenvalue weighted by atomic mass is 9.97. The second-order valence-corrected chi connectivity index (χ2v) is 6.10. The topological polar surface area (TPSA) is 18.5 Å². The van der Waals surface area contributed by atoms with Gasteiger partial charge in [0.15, 0.2) is 0 Å². The molecule has 0 spiro atoms. The Hall–Kier alpha value is -1.04. The number of halogens is 2. The third kappa shape index (κ3) is 4.73. The zero-order valence-corrected chi connectivity index (χ0v) is 13.1. The minimum Gasteiger partial charge on any atom is -0.317 e. The van der Waals surface area contributed by atoms with Gasteiger partial charge in [-0.25, -0.2) is 8.78 Å². The summed E-state index contributed by atoms with van der Waals surface area (Å²) in [7, 11) is 6.19. The summed E-state index contributed by atoms with van der Waals surface area (Å²) in [6.07, 6.45) is 1.61. The molecule has 2 unspecified atom stereocenters. The van der Waals surface area contributed by atoms with Crippen LogP contribution in [0, 0.1) is 11.6 Å². The minimum atomic E-state index is -0.505. The Bertz CT molecular complexity index is 447. The van der Waals surface area contributed by atoms with Crippen molar-refractivity contribution < 1.29 is 8.78 Å². The first-order valence-corrected chi connectivity index (χ1v) is 7.49. The maximum Gasteiger partial charge on any atom is 0.126 e. The van der Waals surface area contributed by atoms with Crippen molar-refractivity contribution in [3.8, 4) is 0 Å². The normalized spacial score (nSPS) is 22.4. The summed E-state index contributed by atoms with van der Waals surface area (Å²) in [5.41, 5.74) is 0.707. The standard InChI is InChI=1S/C16H25F2N3/c1-19-15(8-12-6-13(17)9-14(18)7-12)10-16-11-20(2)4-5-21(16)3/h6-7,9,15-16,19H,4-5,8,10-11H2,1-3H3. The van der Waals surface area contributed by atoms with Gasteiger partial charge in [-0.15, -0.1) is 0 Å². The quantitative estimate of drug-likeness (QED) is 0.893. The Balaban J connectivity index is 1.99. The average Bonchev–Trinajstić information content (AvgIpc) is 2.41. The summed E-state index contributed by atoms with van der Waals surface area (Å²) < 4.78 is 26.6. The van der Waals surface area contributed by atoms with Crippen LogP contribution in [0.2, 0.25) is 0 Å². The highest BCUT2D eigenvalue weighted by molar-refractivity contribution is 5.19. The molecule has 21 heavy (non-hydrogen) atoms. The fraction of sp³-hybridized carbons (Fsp3) is 0.625. The molecule has 1 fully saturated rings. The fourth-order valence-electron chi connectivity index (χ4n) is 3.00. The second-order valence-electron chi connectivity index (χ2n) is 6.10. The predicted molar refractivity (Wildman–Crippen MR) is 81.4 cm³/mol. The average molecular weight is 297 g/mol. The SMILES string of the molecule is CNC(Cc1cc(F)cc(F)c1)CC1CN(C)CCN1C. The number of rotatable bonds is 5. The molecule has 5 heteroatoms. The summed E-state index contributed by atoms with van der Waals surface area (Å²) >= 11 is 0. The molecule has 1 aliphatic rings. The van der Waals surface area contributed by atoms with Gasteiger partial charge in [-0.3, -0.25) is 0 Å². The molecular formula is C16H25F2N3. The van der Waals surface area contributed by atoms with Gasteiger partial charge < -0.3 is 15.1 Å². The van der Waals surface area contributed by atoms with Crippen LogP contribution in [-0.4, -0.2) is 62.7 Å². The van der Waals surface area contributed by atoms with E-state index in [0.717, 1.165) is 32.1 Å². The lowest BCUT2D eigenvalue weighted by Gasteiger charge is -2.39. The second kappa shape index (κ2) is 7.29. The van der Waals surface area contributed by atoms with E-state index in [1.165, 1.54) is 12.1 Å². The van der Waals surface area contributed by atoms with Crippen molar-refractivity contribution in [3.63, 3.8) is 0 Å². The van der Waals surface area contributed by atoms with Gasteiger partial charge in [0.05, 0.1) is 0 Å². The lowest BCUT2D eigenvalue weighted by Crippen LogP contribution is -2.52. The molecule has 2 atom stereocenters. The molecule has 1 aliphatic heterocycles. The summed E-state index contributed by atoms with van der Waals surface area (Å²) in [6, 6.07) is 4.44. The highest BCUT2D eigenvalue weighted by atomic mass is 19.1. The Kier molecular flexibility index (Phi) is 5.67. The molecule has 0 saturated carbocycles. The Morgan fingerprint density at radius 2 is 1.86 bits per heavy atom. The summed E-state index contributed by atoms with van der Waals surface area (Å²) in [5.74, 6) is -1.01. The van der Waals surface area contributed by atoms with Gasteiger partial charge in [0.25, 0.3) is 0 Å². The van der Waals surface area contributed by atoms with Crippen LogP contribution in [0.5, 0.6) is 0 Å². The first kappa shape index (κ1) is 16.3. The summed E-state index contributed by atoms with van der Waals surface area (Å²) in [6.45, 7) is 3.19. The van der Waals surface area contributed by atoms with Crippen LogP contribution >= 0.6 is 0 Å². The monoisotopic (exact) mass is 297 g/mol. The Labute approximate surface area is 125 Å². The van der Waals surface area contributed by atoms with Crippen LogP contribution < -0.4 is 5.32 Å². The molecule has 0 aliphatic carbocycles. The van der Waals surface area contributed by atoms with E-state index >= 15 is 0 Å². The van der Waals surface area contributed by atoms with Crippen molar-refractivity contribution in [2.24, 2.45) is 0 Å². The number of piperazine rings is 1. The fourth-order valence-corrected chi connectivity index (χ4v) is 3.00. The zero-order valence-electron chi connectivity index (χ0n) is 13.1. The molecule has 0 aromatic heterocycles. The van der Waals surface area contributed by atoms with Gasteiger partial charge in [-0.05, 0) is 51.7 Å². The molecule has 1 saturated heterocycles. The number of nitrogens with one attached hydrogen (secondary N) is 1. The number of benzene rings is 1. The van der Waals surface area contributed by atoms with Gasteiger partial charge in [0, 0.05) is 37.8 Å². The number of hydrogen-bond donors (Lipinski definition) is 1. The van der Waals surface area contributed by atoms with Crippen molar-refractivity contribution in [2.75, 3.05) is 40.8 Å². The maximum atomic E-state index is 13.3. The highest BCUT2D eigenvalue weighted by Crippen LogP contribution is 2.16. The first-order chi connectivity index (χ1) is 9.97. The van der Waals surface area contributed by atoms with E-state index in [1.54, 1.807) is 0 Å². The van der Waals surface area contributed by atoms with Crippen LogP contribution in [0.4, 0.5) is 8.78 Å². The summed E-state index contributed by atoms with van der Waals surface area (Å²) in [4.78, 5) is 4.70. The van der Waals surface area contributed by atoms with Crippen LogP contribution in [0.1, 0.15) is 12.0 Å². The lowest BCUT2D eigenvalue weighted by molar-refractivity contribution is 0.102. The van der Waals surface area contributed by atoms with Crippen molar-refractivity contribution in [2.45, 2.75) is 24.9 Å². The van der Waals surface area contributed by atoms with Gasteiger partial charge in [-0.1, -0.05) is 0 Å². The minimum absolute atomic E-state index is 0.213. The molecule has 0 radical (unpaired) electrons. The zero-order chi connectivity index (χ0) is 15.4. The van der Waals surface area contributed by atoms with E-state index in [-0.39, 0.29) is 6.04 Å². The predicted octanol–water partition coefficient (Wildman–Crippen LogP) is 1.73. The first-order valence-electron chi connectivity index (χ1n) is 7.49. The van der Waals surface area contributed by atoms with Crippen LogP contribution in [0.15, 0.2) is 18.2 Å². The van der Waals surface area contributed by atoms with Crippen molar-refractivity contribution in [1.82, 2.24) is 15.1 Å². The Morgan fingerprint density at radius 3 is 2.48 bits per heavy atom. The number of likely N-dealkylation sites (N-methyl/N-ethyl adjacent to an activating group) is 3. The summed E-state index contributed by atoms with van der Waals surface area (Å²) in [5, 5.41) is 3.28. The van der Waals surface area contributed by atoms with Crippen molar-refractivity contribution in [1.29, 1.82) is 0 Å². The molecular weight excluding hydrogens is 272 g/mol. The van der Waals surface area contributed by atoms with E-state index in [0.29, 0.717) is 18.0 Å². The van der Waals surface area contributed by atoms with Crippen LogP contribution in [0.25, 0.3) is 0 Å². The third-order valence-corrected chi connectivity index (χ3v) is 4.35. The van der Waals surface area contributed by atoms with Crippen molar-refractivity contribution in [3.05, 3.63) is 35.4 Å². The maximum absolute atomic E-state index is 13.3. The van der Waals surface area contributed by atoms with Crippen LogP contribution in [0.3, 0.4) is 0 Å². The smallest absolute Gasteiger partial charge is 0.126 e. The van der Waals surface area contributed by atoms with Gasteiger partial charge in [0.1, 0.15) is 11.6 Å². The molecule has 0 bridgehead atoms. The van der Waals surface area contributed by atoms with E-state index in [9.17, 15) is 8.78 Å². The van der Waals surface area contributed by atoms with Gasteiger partial charge in [0.2, 0.25) is 0 Å². The molecule has 1 N–H and O–H groups in total. The largest absolute Gasteiger partial charge is 0.317 e. The molecule has 3 nitrogen and oxygen atoms in total. The highest BCUT2D eigenvalue weighted by Gasteiger charge is 2.25. The van der Waals surface area contributed by atoms with Gasteiger partial charge >= 0.3 is 0 Å². The third-order valence-electron chi connectivity index (χ3n) is 4.35. The van der Waals surface area contributed by atoms with Crippen LogP contribution in [-0.2, 0) is 6.42 Å². The van der Waals surface area contributed by atoms with E-state index in [2.05, 4.69) is 29.2 Å².